The second kappa shape index (κ2) is 9.52. The molecule has 1 aliphatic heterocycles. The van der Waals surface area contributed by atoms with Crippen LogP contribution in [0.2, 0.25) is 0 Å². The number of fused-ring (bicyclic) bond motifs is 1. The van der Waals surface area contributed by atoms with Crippen LogP contribution in [-0.2, 0) is 17.8 Å². The third-order valence-corrected chi connectivity index (χ3v) is 6.76. The van der Waals surface area contributed by atoms with Crippen molar-refractivity contribution in [2.24, 2.45) is 10.9 Å². The number of carbonyl (C=O) groups is 1. The summed E-state index contributed by atoms with van der Waals surface area (Å²) in [6, 6.07) is 28.6. The molecule has 1 fully saturated rings. The van der Waals surface area contributed by atoms with E-state index in [1.54, 1.807) is 0 Å². The molecule has 3 aromatic rings. The summed E-state index contributed by atoms with van der Waals surface area (Å²) in [5.74, 6) is 0.531. The number of nitrogens with zero attached hydrogens (tertiary/aromatic N) is 2. The Morgan fingerprint density at radius 1 is 0.750 bits per heavy atom. The van der Waals surface area contributed by atoms with Gasteiger partial charge in [0, 0.05) is 23.6 Å². The number of carbonyl (C=O) groups excluding carboxylic acids is 1. The summed E-state index contributed by atoms with van der Waals surface area (Å²) in [5, 5.41) is 0. The summed E-state index contributed by atoms with van der Waals surface area (Å²) in [4.78, 5) is 21.2. The average Bonchev–Trinajstić information content (AvgIpc) is 2.97. The first-order chi connectivity index (χ1) is 15.8. The van der Waals surface area contributed by atoms with Gasteiger partial charge in [0.05, 0.1) is 12.2 Å². The lowest BCUT2D eigenvalue weighted by molar-refractivity contribution is -0.119. The third-order valence-electron chi connectivity index (χ3n) is 6.76. The molecule has 1 heterocycles. The molecular weight excluding hydrogens is 392 g/mol. The van der Waals surface area contributed by atoms with E-state index < -0.39 is 6.04 Å². The van der Waals surface area contributed by atoms with Crippen LogP contribution in [0, 0.1) is 5.92 Å². The summed E-state index contributed by atoms with van der Waals surface area (Å²) in [6.07, 6.45) is 6.76. The zero-order valence-electron chi connectivity index (χ0n) is 18.5. The minimum atomic E-state index is -0.398. The number of amides is 1. The van der Waals surface area contributed by atoms with Crippen LogP contribution in [0.3, 0.4) is 0 Å². The van der Waals surface area contributed by atoms with Crippen molar-refractivity contribution in [2.45, 2.75) is 51.1 Å². The molecule has 3 heteroatoms. The number of rotatable bonds is 5. The van der Waals surface area contributed by atoms with Gasteiger partial charge in [0.1, 0.15) is 6.04 Å². The molecule has 3 aromatic carbocycles. The van der Waals surface area contributed by atoms with Crippen molar-refractivity contribution in [1.82, 2.24) is 0 Å². The Labute approximate surface area is 190 Å². The molecule has 0 bridgehead atoms. The van der Waals surface area contributed by atoms with Crippen LogP contribution < -0.4 is 4.90 Å². The van der Waals surface area contributed by atoms with Crippen LogP contribution in [0.25, 0.3) is 0 Å². The third kappa shape index (κ3) is 4.38. The van der Waals surface area contributed by atoms with Crippen molar-refractivity contribution in [1.29, 1.82) is 0 Å². The second-order valence-electron chi connectivity index (χ2n) is 8.98. The standard InChI is InChI=1S/C29H30N2O/c32-29-26(20-22-12-4-1-5-13-22)30-28(24-16-8-3-9-17-24)25-18-10-11-19-27(25)31(29)21-23-14-6-2-7-15-23/h1-2,4-7,10-15,18-19,24,26H,3,8-9,16-17,20-21H2/t26-/m0/s1. The van der Waals surface area contributed by atoms with Gasteiger partial charge in [-0.3, -0.25) is 9.79 Å². The molecule has 1 saturated carbocycles. The van der Waals surface area contributed by atoms with E-state index in [4.69, 9.17) is 4.99 Å². The smallest absolute Gasteiger partial charge is 0.252 e. The van der Waals surface area contributed by atoms with Gasteiger partial charge < -0.3 is 4.90 Å². The van der Waals surface area contributed by atoms with Crippen LogP contribution in [0.1, 0.15) is 48.8 Å². The molecule has 162 valence electrons. The van der Waals surface area contributed by atoms with Gasteiger partial charge >= 0.3 is 0 Å². The molecule has 1 amide bonds. The summed E-state index contributed by atoms with van der Waals surface area (Å²) in [7, 11) is 0. The van der Waals surface area contributed by atoms with E-state index in [1.165, 1.54) is 19.3 Å². The summed E-state index contributed by atoms with van der Waals surface area (Å²) < 4.78 is 0. The maximum absolute atomic E-state index is 14.0. The molecule has 0 saturated heterocycles. The van der Waals surface area contributed by atoms with Crippen LogP contribution in [-0.4, -0.2) is 17.7 Å². The highest BCUT2D eigenvalue weighted by Gasteiger charge is 2.34. The Bertz CT molecular complexity index is 1080. The minimum Gasteiger partial charge on any atom is -0.305 e. The van der Waals surface area contributed by atoms with Crippen LogP contribution in [0.5, 0.6) is 0 Å². The molecule has 5 rings (SSSR count). The number of benzodiazepines with no additional fused rings is 1. The SMILES string of the molecule is O=C1[C@H](Cc2ccccc2)N=C(C2CCCCC2)c2ccccc2N1Cc1ccccc1. The highest BCUT2D eigenvalue weighted by Crippen LogP contribution is 2.35. The lowest BCUT2D eigenvalue weighted by Gasteiger charge is -2.26. The van der Waals surface area contributed by atoms with E-state index in [0.29, 0.717) is 18.9 Å². The van der Waals surface area contributed by atoms with Gasteiger partial charge in [-0.15, -0.1) is 0 Å². The van der Waals surface area contributed by atoms with E-state index >= 15 is 0 Å². The van der Waals surface area contributed by atoms with E-state index in [9.17, 15) is 4.79 Å². The second-order valence-corrected chi connectivity index (χ2v) is 8.98. The van der Waals surface area contributed by atoms with Crippen LogP contribution in [0.4, 0.5) is 5.69 Å². The van der Waals surface area contributed by atoms with Crippen molar-refractivity contribution >= 4 is 17.3 Å². The topological polar surface area (TPSA) is 32.7 Å². The number of para-hydroxylation sites is 1. The first-order valence-electron chi connectivity index (χ1n) is 11.9. The van der Waals surface area contributed by atoms with Gasteiger partial charge in [-0.05, 0) is 30.0 Å². The first kappa shape index (κ1) is 20.7. The van der Waals surface area contributed by atoms with Crippen molar-refractivity contribution < 1.29 is 4.79 Å². The molecule has 0 N–H and O–H groups in total. The lowest BCUT2D eigenvalue weighted by Crippen LogP contribution is -2.38. The average molecular weight is 423 g/mol. The maximum Gasteiger partial charge on any atom is 0.252 e. The summed E-state index contributed by atoms with van der Waals surface area (Å²) in [5.41, 5.74) is 5.57. The zero-order valence-corrected chi connectivity index (χ0v) is 18.5. The molecule has 0 aromatic heterocycles. The molecular formula is C29H30N2O. The van der Waals surface area contributed by atoms with Gasteiger partial charge in [0.15, 0.2) is 0 Å². The molecule has 3 nitrogen and oxygen atoms in total. The number of hydrogen-bond acceptors (Lipinski definition) is 2. The molecule has 0 spiro atoms. The van der Waals surface area contributed by atoms with Crippen molar-refractivity contribution in [3.05, 3.63) is 102 Å². The molecule has 1 atom stereocenters. The fraction of sp³-hybridized carbons (Fsp3) is 0.310. The number of hydrogen-bond donors (Lipinski definition) is 0. The van der Waals surface area contributed by atoms with Crippen molar-refractivity contribution in [3.8, 4) is 0 Å². The van der Waals surface area contributed by atoms with Gasteiger partial charge in [0.2, 0.25) is 0 Å². The number of aliphatic imine (C=N–C) groups is 1. The van der Waals surface area contributed by atoms with Gasteiger partial charge in [-0.2, -0.15) is 0 Å². The maximum atomic E-state index is 14.0. The fourth-order valence-corrected chi connectivity index (χ4v) is 5.12. The molecule has 1 aliphatic carbocycles. The normalized spacial score (nSPS) is 19.2. The van der Waals surface area contributed by atoms with E-state index in [2.05, 4.69) is 42.5 Å². The predicted molar refractivity (Wildman–Crippen MR) is 131 cm³/mol. The van der Waals surface area contributed by atoms with E-state index in [-0.39, 0.29) is 5.91 Å². The zero-order chi connectivity index (χ0) is 21.8. The Kier molecular flexibility index (Phi) is 6.15. The molecule has 2 aliphatic rings. The van der Waals surface area contributed by atoms with Crippen LogP contribution in [0.15, 0.2) is 89.9 Å². The predicted octanol–water partition coefficient (Wildman–Crippen LogP) is 6.21. The Balaban J connectivity index is 1.59. The molecule has 32 heavy (non-hydrogen) atoms. The van der Waals surface area contributed by atoms with Crippen molar-refractivity contribution in [2.75, 3.05) is 4.90 Å². The highest BCUT2D eigenvalue weighted by atomic mass is 16.2. The molecule has 0 unspecified atom stereocenters. The van der Waals surface area contributed by atoms with E-state index in [0.717, 1.165) is 40.9 Å². The van der Waals surface area contributed by atoms with Gasteiger partial charge in [0.25, 0.3) is 5.91 Å². The van der Waals surface area contributed by atoms with Gasteiger partial charge in [-0.25, -0.2) is 0 Å². The quantitative estimate of drug-likeness (QED) is 0.481. The Morgan fingerprint density at radius 2 is 1.38 bits per heavy atom. The Morgan fingerprint density at radius 3 is 2.09 bits per heavy atom. The van der Waals surface area contributed by atoms with Gasteiger partial charge in [-0.1, -0.05) is 98.1 Å². The van der Waals surface area contributed by atoms with Crippen molar-refractivity contribution in [3.63, 3.8) is 0 Å². The van der Waals surface area contributed by atoms with Crippen LogP contribution >= 0.6 is 0 Å². The molecule has 0 radical (unpaired) electrons. The largest absolute Gasteiger partial charge is 0.305 e. The highest BCUT2D eigenvalue weighted by molar-refractivity contribution is 6.13. The van der Waals surface area contributed by atoms with E-state index in [1.807, 2.05) is 47.4 Å². The monoisotopic (exact) mass is 422 g/mol. The summed E-state index contributed by atoms with van der Waals surface area (Å²) >= 11 is 0. The Hall–Kier alpha value is -3.20. The minimum absolute atomic E-state index is 0.0935. The first-order valence-corrected chi connectivity index (χ1v) is 11.9. The number of anilines is 1. The fourth-order valence-electron chi connectivity index (χ4n) is 5.12. The lowest BCUT2D eigenvalue weighted by atomic mass is 9.82. The summed E-state index contributed by atoms with van der Waals surface area (Å²) in [6.45, 7) is 0.565. The number of benzene rings is 3.